The van der Waals surface area contributed by atoms with Gasteiger partial charge in [0.15, 0.2) is 5.82 Å². The van der Waals surface area contributed by atoms with Crippen molar-refractivity contribution in [1.29, 1.82) is 5.41 Å². The number of rotatable bonds is 10. The van der Waals surface area contributed by atoms with E-state index in [4.69, 9.17) is 5.41 Å². The number of nitrogens with one attached hydrogen (secondary N) is 3. The maximum absolute atomic E-state index is 7.78. The highest BCUT2D eigenvalue weighted by Crippen LogP contribution is 2.21. The summed E-state index contributed by atoms with van der Waals surface area (Å²) >= 11 is 0. The van der Waals surface area contributed by atoms with Crippen molar-refractivity contribution < 1.29 is 0 Å². The zero-order valence-electron chi connectivity index (χ0n) is 18.6. The SMILES string of the molecule is CC(C)c1cnnc(Nc2ccc3ncc(/C(C=N)=C/NCCCN(C)C)cc3n2)c1. The fourth-order valence-corrected chi connectivity index (χ4v) is 3.01. The van der Waals surface area contributed by atoms with Gasteiger partial charge in [-0.05, 0) is 62.8 Å². The van der Waals surface area contributed by atoms with Crippen LogP contribution in [0.5, 0.6) is 0 Å². The normalized spacial score (nSPS) is 11.9. The van der Waals surface area contributed by atoms with Crippen LogP contribution in [0, 0.1) is 5.41 Å². The number of hydrogen-bond donors (Lipinski definition) is 3. The van der Waals surface area contributed by atoms with E-state index in [2.05, 4.69) is 63.6 Å². The maximum atomic E-state index is 7.78. The van der Waals surface area contributed by atoms with Crippen LogP contribution in [0.2, 0.25) is 0 Å². The van der Waals surface area contributed by atoms with E-state index in [1.807, 2.05) is 30.5 Å². The number of aromatic nitrogens is 4. The molecule has 0 aromatic carbocycles. The fourth-order valence-electron chi connectivity index (χ4n) is 3.01. The quantitative estimate of drug-likeness (QED) is 0.340. The van der Waals surface area contributed by atoms with Gasteiger partial charge in [-0.3, -0.25) is 4.98 Å². The fraction of sp³-hybridized carbons (Fsp3) is 0.348. The smallest absolute Gasteiger partial charge is 0.154 e. The number of anilines is 2. The van der Waals surface area contributed by atoms with Crippen molar-refractivity contribution in [2.24, 2.45) is 0 Å². The van der Waals surface area contributed by atoms with E-state index in [0.717, 1.165) is 47.2 Å². The Hall–Kier alpha value is -3.39. The van der Waals surface area contributed by atoms with Gasteiger partial charge in [0, 0.05) is 36.3 Å². The summed E-state index contributed by atoms with van der Waals surface area (Å²) in [5.41, 5.74) is 4.25. The van der Waals surface area contributed by atoms with Gasteiger partial charge < -0.3 is 20.9 Å². The molecule has 0 bridgehead atoms. The molecule has 3 aromatic rings. The second-order valence-electron chi connectivity index (χ2n) is 7.97. The number of hydrogen-bond acceptors (Lipinski definition) is 8. The minimum absolute atomic E-state index is 0.371. The predicted octanol–water partition coefficient (Wildman–Crippen LogP) is 3.82. The first-order valence-corrected chi connectivity index (χ1v) is 10.4. The Balaban J connectivity index is 1.77. The van der Waals surface area contributed by atoms with E-state index in [-0.39, 0.29) is 0 Å². The van der Waals surface area contributed by atoms with Gasteiger partial charge in [-0.15, -0.1) is 5.10 Å². The molecule has 0 radical (unpaired) electrons. The van der Waals surface area contributed by atoms with Crippen LogP contribution in [0.1, 0.15) is 37.3 Å². The van der Waals surface area contributed by atoms with Crippen LogP contribution in [0.3, 0.4) is 0 Å². The zero-order chi connectivity index (χ0) is 22.2. The molecule has 0 unspecified atom stereocenters. The van der Waals surface area contributed by atoms with Gasteiger partial charge in [-0.25, -0.2) is 4.98 Å². The van der Waals surface area contributed by atoms with E-state index in [9.17, 15) is 0 Å². The number of allylic oxidation sites excluding steroid dienone is 1. The summed E-state index contributed by atoms with van der Waals surface area (Å²) in [7, 11) is 4.12. The standard InChI is InChI=1S/C23H30N8/c1-16(2)17-11-23(30-27-15-17)29-22-7-6-20-21(28-22)10-18(14-26-20)19(12-24)13-25-8-5-9-31(3)4/h6-7,10-16,24-25H,5,8-9H2,1-4H3,(H,28,29,30)/b19-13+,24-12?. The molecular weight excluding hydrogens is 388 g/mol. The first kappa shape index (κ1) is 22.3. The minimum atomic E-state index is 0.371. The average molecular weight is 419 g/mol. The summed E-state index contributed by atoms with van der Waals surface area (Å²) in [5, 5.41) is 22.5. The first-order valence-electron chi connectivity index (χ1n) is 10.4. The van der Waals surface area contributed by atoms with Gasteiger partial charge in [-0.1, -0.05) is 13.8 Å². The van der Waals surface area contributed by atoms with E-state index in [1.54, 1.807) is 12.4 Å². The third-order valence-corrected chi connectivity index (χ3v) is 4.81. The summed E-state index contributed by atoms with van der Waals surface area (Å²) in [6, 6.07) is 7.72. The Morgan fingerprint density at radius 2 is 1.97 bits per heavy atom. The van der Waals surface area contributed by atoms with Gasteiger partial charge >= 0.3 is 0 Å². The van der Waals surface area contributed by atoms with Crippen molar-refractivity contribution >= 4 is 34.5 Å². The van der Waals surface area contributed by atoms with Crippen LogP contribution in [0.15, 0.2) is 42.9 Å². The molecule has 3 heterocycles. The molecule has 3 rings (SSSR count). The monoisotopic (exact) mass is 418 g/mol. The van der Waals surface area contributed by atoms with Crippen molar-refractivity contribution in [3.8, 4) is 0 Å². The van der Waals surface area contributed by atoms with Crippen LogP contribution >= 0.6 is 0 Å². The van der Waals surface area contributed by atoms with Crippen LogP contribution in [0.25, 0.3) is 16.6 Å². The molecule has 0 spiro atoms. The van der Waals surface area contributed by atoms with E-state index >= 15 is 0 Å². The molecule has 0 saturated heterocycles. The molecule has 0 amide bonds. The van der Waals surface area contributed by atoms with Crippen molar-refractivity contribution in [3.63, 3.8) is 0 Å². The third-order valence-electron chi connectivity index (χ3n) is 4.81. The molecule has 31 heavy (non-hydrogen) atoms. The highest BCUT2D eigenvalue weighted by atomic mass is 15.2. The van der Waals surface area contributed by atoms with Gasteiger partial charge in [-0.2, -0.15) is 5.10 Å². The minimum Gasteiger partial charge on any atom is -0.390 e. The van der Waals surface area contributed by atoms with Crippen LogP contribution < -0.4 is 10.6 Å². The molecule has 8 nitrogen and oxygen atoms in total. The summed E-state index contributed by atoms with van der Waals surface area (Å²) in [4.78, 5) is 11.3. The highest BCUT2D eigenvalue weighted by Gasteiger charge is 2.07. The van der Waals surface area contributed by atoms with Gasteiger partial charge in [0.25, 0.3) is 0 Å². The average Bonchev–Trinajstić information content (AvgIpc) is 2.76. The molecule has 0 atom stereocenters. The van der Waals surface area contributed by atoms with Gasteiger partial charge in [0.2, 0.25) is 0 Å². The molecule has 0 aliphatic heterocycles. The second kappa shape index (κ2) is 10.6. The van der Waals surface area contributed by atoms with Crippen molar-refractivity contribution in [3.05, 3.63) is 54.0 Å². The van der Waals surface area contributed by atoms with E-state index in [0.29, 0.717) is 17.6 Å². The second-order valence-corrected chi connectivity index (χ2v) is 7.97. The Kier molecular flexibility index (Phi) is 7.61. The molecule has 8 heteroatoms. The Morgan fingerprint density at radius 3 is 2.71 bits per heavy atom. The molecule has 3 aromatic heterocycles. The first-order chi connectivity index (χ1) is 15.0. The van der Waals surface area contributed by atoms with Gasteiger partial charge in [0.05, 0.1) is 17.2 Å². The summed E-state index contributed by atoms with van der Waals surface area (Å²) < 4.78 is 0. The van der Waals surface area contributed by atoms with Crippen molar-refractivity contribution in [2.45, 2.75) is 26.2 Å². The Bertz CT molecular complexity index is 1060. The van der Waals surface area contributed by atoms with E-state index < -0.39 is 0 Å². The third kappa shape index (κ3) is 6.29. The van der Waals surface area contributed by atoms with Crippen molar-refractivity contribution in [1.82, 2.24) is 30.4 Å². The molecule has 3 N–H and O–H groups in total. The predicted molar refractivity (Wildman–Crippen MR) is 127 cm³/mol. The number of pyridine rings is 2. The lowest BCUT2D eigenvalue weighted by molar-refractivity contribution is 0.399. The summed E-state index contributed by atoms with van der Waals surface area (Å²) in [6.07, 6.45) is 7.77. The number of fused-ring (bicyclic) bond motifs is 1. The molecule has 0 aliphatic rings. The maximum Gasteiger partial charge on any atom is 0.154 e. The molecular formula is C23H30N8. The molecule has 0 fully saturated rings. The Labute approximate surface area is 183 Å². The van der Waals surface area contributed by atoms with Crippen LogP contribution in [0.4, 0.5) is 11.6 Å². The summed E-state index contributed by atoms with van der Waals surface area (Å²) in [6.45, 7) is 6.10. The largest absolute Gasteiger partial charge is 0.390 e. The lowest BCUT2D eigenvalue weighted by Crippen LogP contribution is -2.18. The van der Waals surface area contributed by atoms with Crippen LogP contribution in [-0.2, 0) is 0 Å². The van der Waals surface area contributed by atoms with Crippen LogP contribution in [-0.4, -0.2) is 58.5 Å². The van der Waals surface area contributed by atoms with Gasteiger partial charge in [0.1, 0.15) is 5.82 Å². The molecule has 0 aliphatic carbocycles. The zero-order valence-corrected chi connectivity index (χ0v) is 18.6. The van der Waals surface area contributed by atoms with E-state index in [1.165, 1.54) is 6.21 Å². The molecule has 0 saturated carbocycles. The topological polar surface area (TPSA) is 103 Å². The molecule has 162 valence electrons. The Morgan fingerprint density at radius 1 is 1.13 bits per heavy atom. The van der Waals surface area contributed by atoms with Crippen molar-refractivity contribution in [2.75, 3.05) is 32.5 Å². The lowest BCUT2D eigenvalue weighted by Gasteiger charge is -2.10. The lowest BCUT2D eigenvalue weighted by atomic mass is 10.1. The highest BCUT2D eigenvalue weighted by molar-refractivity contribution is 6.08. The number of nitrogens with zero attached hydrogens (tertiary/aromatic N) is 5. The summed E-state index contributed by atoms with van der Waals surface area (Å²) in [5.74, 6) is 1.70.